The molecule has 1 saturated heterocycles. The highest BCUT2D eigenvalue weighted by molar-refractivity contribution is 7.98. The molecule has 1 amide bonds. The highest BCUT2D eigenvalue weighted by atomic mass is 32.2. The van der Waals surface area contributed by atoms with Crippen LogP contribution in [0.5, 0.6) is 0 Å². The van der Waals surface area contributed by atoms with Crippen molar-refractivity contribution in [3.8, 4) is 6.19 Å². The Morgan fingerprint density at radius 3 is 2.68 bits per heavy atom. The van der Waals surface area contributed by atoms with Gasteiger partial charge in [-0.05, 0) is 52.0 Å². The van der Waals surface area contributed by atoms with E-state index < -0.39 is 30.1 Å². The number of carboxylic acid groups (broad SMARTS) is 1. The summed E-state index contributed by atoms with van der Waals surface area (Å²) in [4.78, 5) is 48.6. The molecule has 0 saturated carbocycles. The van der Waals surface area contributed by atoms with Crippen LogP contribution in [0.25, 0.3) is 0 Å². The predicted octanol–water partition coefficient (Wildman–Crippen LogP) is 2.20. The van der Waals surface area contributed by atoms with E-state index in [-0.39, 0.29) is 12.5 Å². The summed E-state index contributed by atoms with van der Waals surface area (Å²) >= 11 is 1.79. The van der Waals surface area contributed by atoms with E-state index in [9.17, 15) is 19.5 Å². The van der Waals surface area contributed by atoms with Crippen LogP contribution in [-0.2, 0) is 31.3 Å². The van der Waals surface area contributed by atoms with E-state index >= 15 is 0 Å². The highest BCUT2D eigenvalue weighted by Gasteiger charge is 2.37. The Bertz CT molecular complexity index is 1250. The number of carboxylic acids is 1. The first-order chi connectivity index (χ1) is 21.2. The SMILES string of the molecule is CCOC(=O)[C@H](CCc1ccccc1)N[C@@H](C)C(=O)N1CCC[C@H]1C(=O)O.CN/C(=N/C#N)NCCSCc1nc[nH]c1C. The smallest absolute Gasteiger partial charge is 0.326 e. The number of nitriles is 1. The second kappa shape index (κ2) is 20.0. The van der Waals surface area contributed by atoms with Gasteiger partial charge < -0.3 is 30.4 Å². The molecule has 2 heterocycles. The van der Waals surface area contributed by atoms with Crippen LogP contribution in [-0.4, -0.2) is 94.4 Å². The lowest BCUT2D eigenvalue weighted by molar-refractivity contribution is -0.150. The van der Waals surface area contributed by atoms with E-state index in [1.807, 2.05) is 37.3 Å². The molecule has 5 N–H and O–H groups in total. The standard InChI is InChI=1S/C20H28N2O5.C10H16N6S/c1-3-27-20(26)16(12-11-15-8-5-4-6-9-15)21-14(2)18(23)22-13-7-10-17(22)19(24)25;1-8-9(16-7-15-8)5-17-4-3-13-10(12-2)14-6-11/h4-6,8-9,14,16-17,21H,3,7,10-13H2,1-2H3,(H,24,25);7H,3-5H2,1-2H3,(H,15,16)(H2,12,13,14)/t14-,16-,17-;/m0./s1. The second-order valence-electron chi connectivity index (χ2n) is 10.0. The number of aliphatic imine (C=N–C) groups is 1. The lowest BCUT2D eigenvalue weighted by atomic mass is 10.0. The number of hydrogen-bond acceptors (Lipinski definition) is 9. The van der Waals surface area contributed by atoms with Gasteiger partial charge in [0.15, 0.2) is 0 Å². The third-order valence-electron chi connectivity index (χ3n) is 6.89. The van der Waals surface area contributed by atoms with Crippen LogP contribution in [0.1, 0.15) is 50.1 Å². The number of carbonyl (C=O) groups is 3. The summed E-state index contributed by atoms with van der Waals surface area (Å²) in [6.45, 7) is 6.86. The van der Waals surface area contributed by atoms with E-state index in [0.717, 1.165) is 35.0 Å². The average Bonchev–Trinajstić information content (AvgIpc) is 3.68. The monoisotopic (exact) mass is 628 g/mol. The summed E-state index contributed by atoms with van der Waals surface area (Å²) in [6, 6.07) is 7.69. The van der Waals surface area contributed by atoms with Gasteiger partial charge in [-0.3, -0.25) is 14.9 Å². The molecule has 3 atom stereocenters. The molecular formula is C30H44N8O5S. The topological polar surface area (TPSA) is 185 Å². The van der Waals surface area contributed by atoms with Crippen molar-refractivity contribution in [3.05, 3.63) is 53.6 Å². The first kappa shape index (κ1) is 36.1. The number of imidazole rings is 1. The molecule has 0 spiro atoms. The van der Waals surface area contributed by atoms with Gasteiger partial charge in [0.1, 0.15) is 12.1 Å². The molecule has 0 aliphatic carbocycles. The van der Waals surface area contributed by atoms with Gasteiger partial charge in [-0.2, -0.15) is 17.0 Å². The number of amides is 1. The van der Waals surface area contributed by atoms with E-state index in [4.69, 9.17) is 10.00 Å². The lowest BCUT2D eigenvalue weighted by Gasteiger charge is -2.27. The van der Waals surface area contributed by atoms with Gasteiger partial charge in [0.05, 0.1) is 24.7 Å². The maximum atomic E-state index is 12.7. The Balaban J connectivity index is 0.000000342. The Kier molecular flexibility index (Phi) is 16.4. The number of nitrogens with zero attached hydrogens (tertiary/aromatic N) is 4. The zero-order valence-corrected chi connectivity index (χ0v) is 26.7. The molecule has 1 aliphatic rings. The summed E-state index contributed by atoms with van der Waals surface area (Å²) < 4.78 is 5.14. The zero-order valence-electron chi connectivity index (χ0n) is 25.8. The number of aromatic amines is 1. The van der Waals surface area contributed by atoms with E-state index in [1.165, 1.54) is 4.90 Å². The molecule has 0 unspecified atom stereocenters. The molecule has 0 radical (unpaired) electrons. The second-order valence-corrected chi connectivity index (χ2v) is 11.1. The number of guanidine groups is 1. The molecule has 0 bridgehead atoms. The summed E-state index contributed by atoms with van der Waals surface area (Å²) in [6.07, 6.45) is 5.73. The van der Waals surface area contributed by atoms with E-state index in [0.29, 0.717) is 38.2 Å². The van der Waals surface area contributed by atoms with Crippen LogP contribution >= 0.6 is 11.8 Å². The normalized spacial score (nSPS) is 15.8. The van der Waals surface area contributed by atoms with Gasteiger partial charge in [0.25, 0.3) is 0 Å². The fraction of sp³-hybridized carbons (Fsp3) is 0.533. The number of likely N-dealkylation sites (tertiary alicyclic amines) is 1. The Hall–Kier alpha value is -4.09. The van der Waals surface area contributed by atoms with E-state index in [2.05, 4.69) is 30.9 Å². The van der Waals surface area contributed by atoms with Crippen LogP contribution in [0, 0.1) is 18.4 Å². The van der Waals surface area contributed by atoms with Crippen molar-refractivity contribution in [3.63, 3.8) is 0 Å². The number of thioether (sulfide) groups is 1. The number of hydrogen-bond donors (Lipinski definition) is 5. The van der Waals surface area contributed by atoms with Crippen molar-refractivity contribution in [2.45, 2.75) is 70.3 Å². The highest BCUT2D eigenvalue weighted by Crippen LogP contribution is 2.19. The van der Waals surface area contributed by atoms with E-state index in [1.54, 1.807) is 45.2 Å². The van der Waals surface area contributed by atoms with Crippen molar-refractivity contribution in [2.75, 3.05) is 32.5 Å². The van der Waals surface area contributed by atoms with Gasteiger partial charge in [-0.1, -0.05) is 30.3 Å². The molecule has 13 nitrogen and oxygen atoms in total. The van der Waals surface area contributed by atoms with Crippen molar-refractivity contribution >= 4 is 35.6 Å². The molecule has 3 rings (SSSR count). The fourth-order valence-electron chi connectivity index (χ4n) is 4.55. The molecule has 240 valence electrons. The molecule has 14 heteroatoms. The third kappa shape index (κ3) is 12.3. The molecule has 1 aromatic carbocycles. The molecule has 44 heavy (non-hydrogen) atoms. The number of rotatable bonds is 14. The number of H-pyrrole nitrogens is 1. The lowest BCUT2D eigenvalue weighted by Crippen LogP contribution is -2.53. The average molecular weight is 629 g/mol. The van der Waals surface area contributed by atoms with Crippen molar-refractivity contribution in [1.82, 2.24) is 30.8 Å². The largest absolute Gasteiger partial charge is 0.480 e. The fourth-order valence-corrected chi connectivity index (χ4v) is 5.43. The number of aliphatic carboxylic acids is 1. The van der Waals surface area contributed by atoms with Gasteiger partial charge in [0, 0.05) is 37.3 Å². The number of aromatic nitrogens is 2. The quantitative estimate of drug-likeness (QED) is 0.0679. The van der Waals surface area contributed by atoms with Crippen molar-refractivity contribution in [2.24, 2.45) is 4.99 Å². The third-order valence-corrected chi connectivity index (χ3v) is 7.86. The molecule has 2 aromatic rings. The number of esters is 1. The van der Waals surface area contributed by atoms with Gasteiger partial charge >= 0.3 is 11.9 Å². The van der Waals surface area contributed by atoms with Crippen LogP contribution in [0.3, 0.4) is 0 Å². The predicted molar refractivity (Wildman–Crippen MR) is 170 cm³/mol. The van der Waals surface area contributed by atoms with Gasteiger partial charge in [-0.15, -0.1) is 4.99 Å². The minimum absolute atomic E-state index is 0.262. The van der Waals surface area contributed by atoms with Crippen LogP contribution < -0.4 is 16.0 Å². The summed E-state index contributed by atoms with van der Waals surface area (Å²) in [5.41, 5.74) is 3.31. The maximum absolute atomic E-state index is 12.7. The summed E-state index contributed by atoms with van der Waals surface area (Å²) in [7, 11) is 1.73. The molecule has 1 aromatic heterocycles. The van der Waals surface area contributed by atoms with Crippen molar-refractivity contribution < 1.29 is 24.2 Å². The molecule has 1 aliphatic heterocycles. The maximum Gasteiger partial charge on any atom is 0.326 e. The zero-order chi connectivity index (χ0) is 32.3. The first-order valence-electron chi connectivity index (χ1n) is 14.7. The molecular weight excluding hydrogens is 584 g/mol. The molecule has 1 fully saturated rings. The minimum atomic E-state index is -0.987. The first-order valence-corrected chi connectivity index (χ1v) is 15.8. The minimum Gasteiger partial charge on any atom is -0.480 e. The van der Waals surface area contributed by atoms with Gasteiger partial charge in [-0.25, -0.2) is 9.78 Å². The Morgan fingerprint density at radius 2 is 2.07 bits per heavy atom. The summed E-state index contributed by atoms with van der Waals surface area (Å²) in [5, 5.41) is 26.6. The number of benzene rings is 1. The summed E-state index contributed by atoms with van der Waals surface area (Å²) in [5.74, 6) is 0.640. The number of ether oxygens (including phenoxy) is 1. The number of carbonyl (C=O) groups excluding carboxylic acids is 2. The van der Waals surface area contributed by atoms with Crippen LogP contribution in [0.2, 0.25) is 0 Å². The Morgan fingerprint density at radius 1 is 1.32 bits per heavy atom. The Labute approximate surface area is 263 Å². The van der Waals surface area contributed by atoms with Crippen molar-refractivity contribution in [1.29, 1.82) is 5.26 Å². The number of nitrogens with one attached hydrogen (secondary N) is 4. The van der Waals surface area contributed by atoms with Gasteiger partial charge in [0.2, 0.25) is 18.1 Å². The number of aryl methyl sites for hydroxylation is 2. The van der Waals surface area contributed by atoms with Crippen LogP contribution in [0.15, 0.2) is 41.7 Å². The van der Waals surface area contributed by atoms with Crippen LogP contribution in [0.4, 0.5) is 0 Å².